The molecule has 3 aromatic rings. The first-order chi connectivity index (χ1) is 10.7. The molecule has 5 rings (SSSR count). The Morgan fingerprint density at radius 1 is 1.23 bits per heavy atom. The molecule has 0 spiro atoms. The molecule has 110 valence electrons. The lowest BCUT2D eigenvalue weighted by molar-refractivity contribution is 0.697. The quantitative estimate of drug-likeness (QED) is 0.786. The summed E-state index contributed by atoms with van der Waals surface area (Å²) in [4.78, 5) is 11.3. The maximum Gasteiger partial charge on any atom is 0.151 e. The number of piperidine rings is 1. The second-order valence-electron chi connectivity index (χ2n) is 6.29. The molecule has 0 radical (unpaired) electrons. The molecule has 3 heterocycles. The molecule has 2 atom stereocenters. The van der Waals surface area contributed by atoms with Crippen molar-refractivity contribution in [2.75, 3.05) is 18.0 Å². The second kappa shape index (κ2) is 4.24. The van der Waals surface area contributed by atoms with Gasteiger partial charge in [0.2, 0.25) is 0 Å². The molecule has 0 unspecified atom stereocenters. The number of benzene rings is 1. The van der Waals surface area contributed by atoms with Crippen LogP contribution in [-0.2, 0) is 0 Å². The van der Waals surface area contributed by atoms with E-state index in [2.05, 4.69) is 31.4 Å². The molecule has 6 heteroatoms. The molecule has 2 aromatic heterocycles. The maximum absolute atomic E-state index is 6.32. The van der Waals surface area contributed by atoms with Crippen molar-refractivity contribution < 1.29 is 0 Å². The monoisotopic (exact) mass is 309 g/mol. The van der Waals surface area contributed by atoms with Crippen molar-refractivity contribution in [1.29, 1.82) is 0 Å². The normalized spacial score (nSPS) is 26.4. The van der Waals surface area contributed by atoms with Crippen LogP contribution in [-0.4, -0.2) is 33.0 Å². The van der Waals surface area contributed by atoms with Gasteiger partial charge in [0, 0.05) is 24.2 Å². The molecule has 0 bridgehead atoms. The van der Waals surface area contributed by atoms with Gasteiger partial charge in [-0.25, -0.2) is 9.97 Å². The molecular formula is C16H15N5S. The van der Waals surface area contributed by atoms with Gasteiger partial charge in [0.05, 0.1) is 0 Å². The SMILES string of the molecule is N[C@]12C[C@H]1CN(c1ncnc3c(-c4ccccc4)nsc13)C2. The van der Waals surface area contributed by atoms with Crippen LogP contribution < -0.4 is 10.6 Å². The number of hydrogen-bond donors (Lipinski definition) is 1. The van der Waals surface area contributed by atoms with Gasteiger partial charge in [-0.3, -0.25) is 0 Å². The Labute approximate surface area is 132 Å². The van der Waals surface area contributed by atoms with Crippen LogP contribution in [0, 0.1) is 5.92 Å². The highest BCUT2D eigenvalue weighted by atomic mass is 32.1. The number of anilines is 1. The topological polar surface area (TPSA) is 67.9 Å². The lowest BCUT2D eigenvalue weighted by Crippen LogP contribution is -2.33. The molecule has 1 aliphatic carbocycles. The molecule has 2 fully saturated rings. The lowest BCUT2D eigenvalue weighted by Gasteiger charge is -2.20. The zero-order valence-electron chi connectivity index (χ0n) is 11.9. The van der Waals surface area contributed by atoms with Gasteiger partial charge in [0.15, 0.2) is 5.82 Å². The predicted molar refractivity (Wildman–Crippen MR) is 87.9 cm³/mol. The number of nitrogens with zero attached hydrogens (tertiary/aromatic N) is 4. The van der Waals surface area contributed by atoms with Gasteiger partial charge in [0.1, 0.15) is 22.2 Å². The van der Waals surface area contributed by atoms with Crippen LogP contribution in [0.3, 0.4) is 0 Å². The van der Waals surface area contributed by atoms with Crippen LogP contribution in [0.25, 0.3) is 21.5 Å². The highest BCUT2D eigenvalue weighted by Crippen LogP contribution is 2.49. The van der Waals surface area contributed by atoms with Gasteiger partial charge in [-0.1, -0.05) is 30.3 Å². The van der Waals surface area contributed by atoms with Gasteiger partial charge in [-0.05, 0) is 23.9 Å². The van der Waals surface area contributed by atoms with Crippen molar-refractivity contribution in [3.8, 4) is 11.3 Å². The number of nitrogens with two attached hydrogens (primary N) is 1. The Morgan fingerprint density at radius 3 is 2.86 bits per heavy atom. The Balaban J connectivity index is 1.62. The molecule has 1 aromatic carbocycles. The number of hydrogen-bond acceptors (Lipinski definition) is 6. The van der Waals surface area contributed by atoms with Crippen molar-refractivity contribution in [2.24, 2.45) is 11.7 Å². The Morgan fingerprint density at radius 2 is 2.09 bits per heavy atom. The molecule has 2 N–H and O–H groups in total. The largest absolute Gasteiger partial charge is 0.353 e. The number of rotatable bonds is 2. The van der Waals surface area contributed by atoms with Crippen LogP contribution in [0.5, 0.6) is 0 Å². The summed E-state index contributed by atoms with van der Waals surface area (Å²) in [5.74, 6) is 1.61. The van der Waals surface area contributed by atoms with Crippen molar-refractivity contribution >= 4 is 27.6 Å². The van der Waals surface area contributed by atoms with Crippen molar-refractivity contribution in [1.82, 2.24) is 14.3 Å². The van der Waals surface area contributed by atoms with Crippen LogP contribution >= 0.6 is 11.5 Å². The van der Waals surface area contributed by atoms with Gasteiger partial charge < -0.3 is 10.6 Å². The minimum atomic E-state index is 0.0181. The van der Waals surface area contributed by atoms with Gasteiger partial charge in [0.25, 0.3) is 0 Å². The van der Waals surface area contributed by atoms with E-state index in [0.29, 0.717) is 5.92 Å². The zero-order chi connectivity index (χ0) is 14.7. The summed E-state index contributed by atoms with van der Waals surface area (Å²) in [7, 11) is 0. The summed E-state index contributed by atoms with van der Waals surface area (Å²) in [6.45, 7) is 1.89. The van der Waals surface area contributed by atoms with Crippen LogP contribution in [0.15, 0.2) is 36.7 Å². The van der Waals surface area contributed by atoms with Gasteiger partial charge >= 0.3 is 0 Å². The van der Waals surface area contributed by atoms with Crippen molar-refractivity contribution in [3.05, 3.63) is 36.7 Å². The first-order valence-corrected chi connectivity index (χ1v) is 8.22. The van der Waals surface area contributed by atoms with Crippen molar-refractivity contribution in [2.45, 2.75) is 12.0 Å². The average molecular weight is 309 g/mol. The molecule has 1 saturated heterocycles. The highest BCUT2D eigenvalue weighted by molar-refractivity contribution is 7.14. The minimum Gasteiger partial charge on any atom is -0.353 e. The number of fused-ring (bicyclic) bond motifs is 2. The fourth-order valence-corrected chi connectivity index (χ4v) is 4.32. The van der Waals surface area contributed by atoms with Crippen LogP contribution in [0.2, 0.25) is 0 Å². The van der Waals surface area contributed by atoms with Gasteiger partial charge in [-0.2, -0.15) is 4.37 Å². The third-order valence-electron chi connectivity index (χ3n) is 4.79. The molecule has 5 nitrogen and oxygen atoms in total. The molecule has 22 heavy (non-hydrogen) atoms. The molecule has 1 aliphatic heterocycles. The van der Waals surface area contributed by atoms with E-state index >= 15 is 0 Å². The summed E-state index contributed by atoms with van der Waals surface area (Å²) < 4.78 is 5.69. The fourth-order valence-electron chi connectivity index (χ4n) is 3.45. The highest BCUT2D eigenvalue weighted by Gasteiger charge is 2.57. The van der Waals surface area contributed by atoms with E-state index in [4.69, 9.17) is 5.73 Å². The van der Waals surface area contributed by atoms with E-state index in [1.54, 1.807) is 6.33 Å². The standard InChI is InChI=1S/C16H15N5S/c17-16-6-11(16)7-21(8-16)15-14-13(18-9-19-15)12(20-22-14)10-4-2-1-3-5-10/h1-5,9,11H,6-8,17H2/t11-,16-/m0/s1. The Kier molecular flexibility index (Phi) is 2.41. The summed E-state index contributed by atoms with van der Waals surface area (Å²) in [5, 5.41) is 0. The first kappa shape index (κ1) is 12.5. The molecule has 0 amide bonds. The number of aromatic nitrogens is 3. The first-order valence-electron chi connectivity index (χ1n) is 7.44. The van der Waals surface area contributed by atoms with E-state index in [-0.39, 0.29) is 5.54 Å². The van der Waals surface area contributed by atoms with Crippen LogP contribution in [0.1, 0.15) is 6.42 Å². The summed E-state index contributed by atoms with van der Waals surface area (Å²) in [5.41, 5.74) is 9.31. The third-order valence-corrected chi connectivity index (χ3v) is 5.62. The second-order valence-corrected chi connectivity index (χ2v) is 7.06. The predicted octanol–water partition coefficient (Wildman–Crippen LogP) is 2.29. The summed E-state index contributed by atoms with van der Waals surface area (Å²) in [6.07, 6.45) is 2.79. The lowest BCUT2D eigenvalue weighted by atomic mass is 10.1. The third kappa shape index (κ3) is 1.71. The van der Waals surface area contributed by atoms with Gasteiger partial charge in [-0.15, -0.1) is 0 Å². The van der Waals surface area contributed by atoms with Crippen molar-refractivity contribution in [3.63, 3.8) is 0 Å². The smallest absolute Gasteiger partial charge is 0.151 e. The van der Waals surface area contributed by atoms with E-state index in [1.807, 2.05) is 18.2 Å². The summed E-state index contributed by atoms with van der Waals surface area (Å²) in [6, 6.07) is 10.2. The minimum absolute atomic E-state index is 0.0181. The average Bonchev–Trinajstić information content (AvgIpc) is 2.89. The Hall–Kier alpha value is -2.05. The molecular weight excluding hydrogens is 294 g/mol. The molecule has 2 aliphatic rings. The Bertz CT molecular complexity index is 861. The summed E-state index contributed by atoms with van der Waals surface area (Å²) >= 11 is 1.48. The zero-order valence-corrected chi connectivity index (χ0v) is 12.8. The maximum atomic E-state index is 6.32. The van der Waals surface area contributed by atoms with E-state index < -0.39 is 0 Å². The van der Waals surface area contributed by atoms with E-state index in [1.165, 1.54) is 11.5 Å². The molecule has 1 saturated carbocycles. The fraction of sp³-hybridized carbons (Fsp3) is 0.312. The van der Waals surface area contributed by atoms with E-state index in [0.717, 1.165) is 46.8 Å². The van der Waals surface area contributed by atoms with Crippen LogP contribution in [0.4, 0.5) is 5.82 Å². The van der Waals surface area contributed by atoms with E-state index in [9.17, 15) is 0 Å².